The van der Waals surface area contributed by atoms with E-state index in [-0.39, 0.29) is 30.6 Å². The lowest BCUT2D eigenvalue weighted by molar-refractivity contribution is -0.118. The van der Waals surface area contributed by atoms with Crippen LogP contribution >= 0.6 is 0 Å². The minimum absolute atomic E-state index is 0.00616. The minimum Gasteiger partial charge on any atom is -0.486 e. The van der Waals surface area contributed by atoms with Gasteiger partial charge in [0.15, 0.2) is 17.3 Å². The van der Waals surface area contributed by atoms with E-state index in [2.05, 4.69) is 6.07 Å². The van der Waals surface area contributed by atoms with Crippen LogP contribution in [0.4, 0.5) is 5.69 Å². The zero-order chi connectivity index (χ0) is 18.1. The monoisotopic (exact) mass is 351 g/mol. The normalized spacial score (nSPS) is 17.7. The third-order valence-electron chi connectivity index (χ3n) is 4.91. The Bertz CT molecular complexity index is 861. The van der Waals surface area contributed by atoms with Crippen molar-refractivity contribution >= 4 is 17.4 Å². The van der Waals surface area contributed by atoms with Crippen LogP contribution in [-0.2, 0) is 11.2 Å². The summed E-state index contributed by atoms with van der Waals surface area (Å²) in [5.74, 6) is 1.19. The number of ketones is 1. The fraction of sp³-hybridized carbons (Fsp3) is 0.333. The van der Waals surface area contributed by atoms with Crippen molar-refractivity contribution in [3.05, 3.63) is 53.6 Å². The van der Waals surface area contributed by atoms with Crippen molar-refractivity contribution < 1.29 is 19.1 Å². The number of carbonyl (C=O) groups is 2. The molecule has 4 rings (SSSR count). The fourth-order valence-electron chi connectivity index (χ4n) is 3.65. The molecule has 0 N–H and O–H groups in total. The lowest BCUT2D eigenvalue weighted by atomic mass is 10.1. The zero-order valence-corrected chi connectivity index (χ0v) is 14.7. The SMILES string of the molecule is C[C@H]1Cc2ccccc2N1C(=O)CCC(=O)c1ccc2c(c1)OCCO2. The standard InChI is InChI=1S/C21H21NO4/c1-14-12-15-4-2-3-5-17(15)22(14)21(24)9-7-18(23)16-6-8-19-20(13-16)26-11-10-25-19/h2-6,8,13-14H,7,9-12H2,1H3/t14-/m0/s1. The third kappa shape index (κ3) is 3.05. The van der Waals surface area contributed by atoms with Crippen LogP contribution in [-0.4, -0.2) is 30.9 Å². The number of hydrogen-bond acceptors (Lipinski definition) is 4. The Kier molecular flexibility index (Phi) is 4.37. The van der Waals surface area contributed by atoms with Gasteiger partial charge in [0, 0.05) is 30.1 Å². The van der Waals surface area contributed by atoms with E-state index < -0.39 is 0 Å². The zero-order valence-electron chi connectivity index (χ0n) is 14.7. The molecule has 5 heteroatoms. The molecule has 26 heavy (non-hydrogen) atoms. The number of rotatable bonds is 4. The maximum Gasteiger partial charge on any atom is 0.227 e. The van der Waals surface area contributed by atoms with Crippen molar-refractivity contribution in [2.75, 3.05) is 18.1 Å². The Morgan fingerprint density at radius 1 is 1.04 bits per heavy atom. The summed E-state index contributed by atoms with van der Waals surface area (Å²) in [7, 11) is 0. The van der Waals surface area contributed by atoms with Gasteiger partial charge in [-0.25, -0.2) is 0 Å². The first-order valence-corrected chi connectivity index (χ1v) is 8.96. The number of benzene rings is 2. The number of carbonyl (C=O) groups excluding carboxylic acids is 2. The Labute approximate surface area is 152 Å². The van der Waals surface area contributed by atoms with Crippen LogP contribution in [0.2, 0.25) is 0 Å². The minimum atomic E-state index is -0.0598. The number of fused-ring (bicyclic) bond motifs is 2. The highest BCUT2D eigenvalue weighted by molar-refractivity contribution is 6.02. The second kappa shape index (κ2) is 6.83. The van der Waals surface area contributed by atoms with Gasteiger partial charge in [0.25, 0.3) is 0 Å². The second-order valence-electron chi connectivity index (χ2n) is 6.73. The van der Waals surface area contributed by atoms with Gasteiger partial charge in [-0.1, -0.05) is 18.2 Å². The summed E-state index contributed by atoms with van der Waals surface area (Å²) in [5.41, 5.74) is 2.71. The molecule has 0 radical (unpaired) electrons. The molecule has 2 aliphatic rings. The maximum absolute atomic E-state index is 12.7. The van der Waals surface area contributed by atoms with Gasteiger partial charge in [-0.05, 0) is 43.2 Å². The van der Waals surface area contributed by atoms with Crippen LogP contribution in [0.5, 0.6) is 11.5 Å². The molecule has 0 saturated carbocycles. The lowest BCUT2D eigenvalue weighted by Crippen LogP contribution is -2.35. The average Bonchev–Trinajstić information content (AvgIpc) is 3.01. The van der Waals surface area contributed by atoms with Gasteiger partial charge in [-0.15, -0.1) is 0 Å². The number of Topliss-reactive ketones (excluding diaryl/α,β-unsaturated/α-hetero) is 1. The van der Waals surface area contributed by atoms with Gasteiger partial charge in [0.1, 0.15) is 13.2 Å². The van der Waals surface area contributed by atoms with E-state index in [0.717, 1.165) is 12.1 Å². The molecule has 0 bridgehead atoms. The molecule has 2 heterocycles. The smallest absolute Gasteiger partial charge is 0.227 e. The second-order valence-corrected chi connectivity index (χ2v) is 6.73. The molecular formula is C21H21NO4. The quantitative estimate of drug-likeness (QED) is 0.792. The van der Waals surface area contributed by atoms with Gasteiger partial charge >= 0.3 is 0 Å². The molecule has 0 spiro atoms. The fourth-order valence-corrected chi connectivity index (χ4v) is 3.65. The summed E-state index contributed by atoms with van der Waals surface area (Å²) in [5, 5.41) is 0. The number of amides is 1. The Morgan fingerprint density at radius 3 is 2.65 bits per heavy atom. The largest absolute Gasteiger partial charge is 0.486 e. The number of ether oxygens (including phenoxy) is 2. The molecule has 0 aromatic heterocycles. The van der Waals surface area contributed by atoms with E-state index in [9.17, 15) is 9.59 Å². The van der Waals surface area contributed by atoms with Crippen molar-refractivity contribution in [2.24, 2.45) is 0 Å². The van der Waals surface area contributed by atoms with Crippen LogP contribution in [0, 0.1) is 0 Å². The van der Waals surface area contributed by atoms with Crippen LogP contribution in [0.15, 0.2) is 42.5 Å². The molecule has 1 atom stereocenters. The summed E-state index contributed by atoms with van der Waals surface area (Å²) in [6.45, 7) is 3.04. The van der Waals surface area contributed by atoms with E-state index in [0.29, 0.717) is 30.3 Å². The Morgan fingerprint density at radius 2 is 1.81 bits per heavy atom. The predicted octanol–water partition coefficient (Wildman–Crippen LogP) is 3.40. The van der Waals surface area contributed by atoms with Gasteiger partial charge in [-0.2, -0.15) is 0 Å². The molecule has 2 aromatic rings. The third-order valence-corrected chi connectivity index (χ3v) is 4.91. The number of para-hydroxylation sites is 1. The molecule has 1 amide bonds. The summed E-state index contributed by atoms with van der Waals surface area (Å²) >= 11 is 0. The number of nitrogens with zero attached hydrogens (tertiary/aromatic N) is 1. The molecule has 134 valence electrons. The predicted molar refractivity (Wildman–Crippen MR) is 98.1 cm³/mol. The van der Waals surface area contributed by atoms with Crippen LogP contribution in [0.1, 0.15) is 35.7 Å². The Hall–Kier alpha value is -2.82. The van der Waals surface area contributed by atoms with Gasteiger partial charge in [-0.3, -0.25) is 9.59 Å². The van der Waals surface area contributed by atoms with Crippen LogP contribution < -0.4 is 14.4 Å². The van der Waals surface area contributed by atoms with Crippen molar-refractivity contribution in [2.45, 2.75) is 32.2 Å². The van der Waals surface area contributed by atoms with Gasteiger partial charge in [0.2, 0.25) is 5.91 Å². The molecule has 0 fully saturated rings. The number of anilines is 1. The van der Waals surface area contributed by atoms with Gasteiger partial charge in [0.05, 0.1) is 0 Å². The molecule has 0 unspecified atom stereocenters. The van der Waals surface area contributed by atoms with Crippen molar-refractivity contribution in [1.29, 1.82) is 0 Å². The Balaban J connectivity index is 1.42. The molecule has 0 saturated heterocycles. The molecular weight excluding hydrogens is 330 g/mol. The molecule has 2 aliphatic heterocycles. The maximum atomic E-state index is 12.7. The van der Waals surface area contributed by atoms with E-state index >= 15 is 0 Å². The highest BCUT2D eigenvalue weighted by Gasteiger charge is 2.30. The summed E-state index contributed by atoms with van der Waals surface area (Å²) in [6, 6.07) is 13.3. The summed E-state index contributed by atoms with van der Waals surface area (Å²) in [6.07, 6.45) is 1.24. The van der Waals surface area contributed by atoms with E-state index in [1.54, 1.807) is 18.2 Å². The summed E-state index contributed by atoms with van der Waals surface area (Å²) < 4.78 is 11.0. The van der Waals surface area contributed by atoms with E-state index in [1.165, 1.54) is 5.56 Å². The van der Waals surface area contributed by atoms with Gasteiger partial charge < -0.3 is 14.4 Å². The van der Waals surface area contributed by atoms with E-state index in [1.807, 2.05) is 30.0 Å². The first-order chi connectivity index (χ1) is 12.6. The van der Waals surface area contributed by atoms with Crippen LogP contribution in [0.25, 0.3) is 0 Å². The number of hydrogen-bond donors (Lipinski definition) is 0. The average molecular weight is 351 g/mol. The van der Waals surface area contributed by atoms with Crippen molar-refractivity contribution in [3.8, 4) is 11.5 Å². The highest BCUT2D eigenvalue weighted by atomic mass is 16.6. The first-order valence-electron chi connectivity index (χ1n) is 8.96. The highest BCUT2D eigenvalue weighted by Crippen LogP contribution is 2.33. The molecule has 0 aliphatic carbocycles. The topological polar surface area (TPSA) is 55.8 Å². The summed E-state index contributed by atoms with van der Waals surface area (Å²) in [4.78, 5) is 27.1. The first kappa shape index (κ1) is 16.6. The van der Waals surface area contributed by atoms with Crippen molar-refractivity contribution in [1.82, 2.24) is 0 Å². The molecule has 2 aromatic carbocycles. The lowest BCUT2D eigenvalue weighted by Gasteiger charge is -2.22. The van der Waals surface area contributed by atoms with E-state index in [4.69, 9.17) is 9.47 Å². The van der Waals surface area contributed by atoms with Crippen molar-refractivity contribution in [3.63, 3.8) is 0 Å². The molecule has 5 nitrogen and oxygen atoms in total. The van der Waals surface area contributed by atoms with Crippen LogP contribution in [0.3, 0.4) is 0 Å².